The molecule has 0 bridgehead atoms. The van der Waals surface area contributed by atoms with Crippen molar-refractivity contribution < 1.29 is 23.7 Å². The van der Waals surface area contributed by atoms with Gasteiger partial charge in [0.25, 0.3) is 5.91 Å². The number of hydrogen-bond donors (Lipinski definition) is 0. The number of ether oxygens (including phenoxy) is 4. The van der Waals surface area contributed by atoms with E-state index in [4.69, 9.17) is 18.9 Å². The number of carbonyl (C=O) groups excluding carboxylic acids is 1. The van der Waals surface area contributed by atoms with Crippen molar-refractivity contribution in [2.75, 3.05) is 33.9 Å². The van der Waals surface area contributed by atoms with Crippen LogP contribution in [0.4, 0.5) is 0 Å². The number of likely N-dealkylation sites (tertiary alicyclic amines) is 1. The summed E-state index contributed by atoms with van der Waals surface area (Å²) in [6.45, 7) is 5.97. The molecule has 1 spiro atoms. The Morgan fingerprint density at radius 1 is 1.09 bits per heavy atom. The van der Waals surface area contributed by atoms with Crippen molar-refractivity contribution in [1.82, 2.24) is 4.90 Å². The minimum absolute atomic E-state index is 0.00164. The Morgan fingerprint density at radius 2 is 1.73 bits per heavy atom. The Bertz CT molecular complexity index is 927. The Labute approximate surface area is 196 Å². The van der Waals surface area contributed by atoms with Crippen molar-refractivity contribution >= 4 is 5.91 Å². The molecule has 2 aromatic rings. The topological polar surface area (TPSA) is 57.2 Å². The van der Waals surface area contributed by atoms with Crippen molar-refractivity contribution in [3.8, 4) is 11.5 Å². The van der Waals surface area contributed by atoms with Crippen LogP contribution < -0.4 is 9.47 Å². The van der Waals surface area contributed by atoms with E-state index < -0.39 is 0 Å². The van der Waals surface area contributed by atoms with Gasteiger partial charge >= 0.3 is 0 Å². The number of hydrogen-bond acceptors (Lipinski definition) is 5. The molecule has 2 unspecified atom stereocenters. The second-order valence-electron chi connectivity index (χ2n) is 9.02. The maximum atomic E-state index is 13.3. The van der Waals surface area contributed by atoms with Crippen LogP contribution in [0, 0.1) is 6.92 Å². The number of benzene rings is 2. The van der Waals surface area contributed by atoms with Crippen LogP contribution in [-0.4, -0.2) is 56.4 Å². The largest absolute Gasteiger partial charge is 0.496 e. The summed E-state index contributed by atoms with van der Waals surface area (Å²) in [6.07, 6.45) is 3.52. The first-order chi connectivity index (χ1) is 16.0. The minimum atomic E-state index is -0.266. The normalized spacial score (nSPS) is 22.2. The van der Waals surface area contributed by atoms with E-state index in [1.807, 2.05) is 24.8 Å². The van der Waals surface area contributed by atoms with Gasteiger partial charge in [-0.25, -0.2) is 0 Å². The van der Waals surface area contributed by atoms with Gasteiger partial charge in [0.1, 0.15) is 11.5 Å². The van der Waals surface area contributed by atoms with Crippen LogP contribution in [0.25, 0.3) is 0 Å². The van der Waals surface area contributed by atoms with Crippen molar-refractivity contribution in [2.45, 2.75) is 57.3 Å². The predicted molar refractivity (Wildman–Crippen MR) is 127 cm³/mol. The van der Waals surface area contributed by atoms with Gasteiger partial charge in [-0.3, -0.25) is 4.79 Å². The summed E-state index contributed by atoms with van der Waals surface area (Å²) >= 11 is 0. The van der Waals surface area contributed by atoms with E-state index in [-0.39, 0.29) is 23.7 Å². The maximum Gasteiger partial charge on any atom is 0.254 e. The molecule has 0 N–H and O–H groups in total. The molecule has 0 radical (unpaired) electrons. The first-order valence-electron chi connectivity index (χ1n) is 11.8. The first-order valence-corrected chi connectivity index (χ1v) is 11.8. The summed E-state index contributed by atoms with van der Waals surface area (Å²) in [5, 5.41) is 0. The zero-order valence-electron chi connectivity index (χ0n) is 20.1. The molecule has 2 atom stereocenters. The highest BCUT2D eigenvalue weighted by atomic mass is 16.5. The van der Waals surface area contributed by atoms with E-state index in [1.54, 1.807) is 26.4 Å². The first kappa shape index (κ1) is 23.6. The average Bonchev–Trinajstić information content (AvgIpc) is 2.85. The number of rotatable bonds is 6. The third kappa shape index (κ3) is 5.02. The molecule has 2 fully saturated rings. The molecule has 4 rings (SSSR count). The van der Waals surface area contributed by atoms with Crippen LogP contribution >= 0.6 is 0 Å². The summed E-state index contributed by atoms with van der Waals surface area (Å²) < 4.78 is 23.7. The van der Waals surface area contributed by atoms with Crippen LogP contribution in [0.3, 0.4) is 0 Å². The fourth-order valence-corrected chi connectivity index (χ4v) is 5.20. The van der Waals surface area contributed by atoms with Gasteiger partial charge in [-0.05, 0) is 44.4 Å². The fourth-order valence-electron chi connectivity index (χ4n) is 5.20. The number of methoxy groups -OCH3 is 2. The lowest BCUT2D eigenvalue weighted by molar-refractivity contribution is -0.190. The molecule has 178 valence electrons. The van der Waals surface area contributed by atoms with E-state index >= 15 is 0 Å². The number of carbonyl (C=O) groups is 1. The lowest BCUT2D eigenvalue weighted by atomic mass is 9.80. The number of piperidine rings is 1. The molecule has 6 nitrogen and oxygen atoms in total. The van der Waals surface area contributed by atoms with Crippen LogP contribution in [0.15, 0.2) is 42.5 Å². The van der Waals surface area contributed by atoms with Crippen LogP contribution in [0.1, 0.15) is 60.2 Å². The van der Waals surface area contributed by atoms with Gasteiger partial charge in [-0.15, -0.1) is 0 Å². The Kier molecular flexibility index (Phi) is 7.25. The van der Waals surface area contributed by atoms with Gasteiger partial charge in [-0.1, -0.05) is 30.3 Å². The predicted octanol–water partition coefficient (Wildman–Crippen LogP) is 4.94. The summed E-state index contributed by atoms with van der Waals surface area (Å²) in [5.74, 6) is 1.32. The lowest BCUT2D eigenvalue weighted by Gasteiger charge is -2.48. The molecule has 33 heavy (non-hydrogen) atoms. The Morgan fingerprint density at radius 3 is 2.30 bits per heavy atom. The third-order valence-corrected chi connectivity index (χ3v) is 7.00. The van der Waals surface area contributed by atoms with E-state index in [0.717, 1.165) is 31.2 Å². The second kappa shape index (κ2) is 10.1. The molecule has 2 aliphatic rings. The molecule has 1 amide bonds. The standard InChI is InChI=1S/C27H35NO5/c1-5-32-22-17-25(20-9-7-6-8-10-20)33-27(18-22)11-13-28(14-12-27)26(29)21-15-23(30-3)19(2)24(16-21)31-4/h6-10,15-16,22,25H,5,11-14,17-18H2,1-4H3. The molecule has 0 aliphatic carbocycles. The van der Waals surface area contributed by atoms with E-state index in [2.05, 4.69) is 24.3 Å². The third-order valence-electron chi connectivity index (χ3n) is 7.00. The van der Waals surface area contributed by atoms with Crippen molar-refractivity contribution in [1.29, 1.82) is 0 Å². The highest BCUT2D eigenvalue weighted by molar-refractivity contribution is 5.95. The smallest absolute Gasteiger partial charge is 0.254 e. The van der Waals surface area contributed by atoms with Gasteiger partial charge in [0, 0.05) is 43.7 Å². The number of nitrogens with zero attached hydrogens (tertiary/aromatic N) is 1. The van der Waals surface area contributed by atoms with Crippen LogP contribution in [0.2, 0.25) is 0 Å². The monoisotopic (exact) mass is 453 g/mol. The SMILES string of the molecule is CCOC1CC(c2ccccc2)OC2(CCN(C(=O)c3cc(OC)c(C)c(OC)c3)CC2)C1. The van der Waals surface area contributed by atoms with Crippen molar-refractivity contribution in [2.24, 2.45) is 0 Å². The summed E-state index contributed by atoms with van der Waals surface area (Å²) in [6, 6.07) is 14.0. The van der Waals surface area contributed by atoms with Crippen molar-refractivity contribution in [3.05, 3.63) is 59.2 Å². The zero-order valence-corrected chi connectivity index (χ0v) is 20.1. The van der Waals surface area contributed by atoms with Crippen LogP contribution in [0.5, 0.6) is 11.5 Å². The zero-order chi connectivity index (χ0) is 23.4. The molecule has 2 aromatic carbocycles. The fraction of sp³-hybridized carbons (Fsp3) is 0.519. The number of amides is 1. The maximum absolute atomic E-state index is 13.3. The molecular formula is C27H35NO5. The molecule has 0 aromatic heterocycles. The van der Waals surface area contributed by atoms with Gasteiger partial charge in [0.2, 0.25) is 0 Å². The second-order valence-corrected chi connectivity index (χ2v) is 9.02. The van der Waals surface area contributed by atoms with Gasteiger partial charge in [0.05, 0.1) is 32.0 Å². The highest BCUT2D eigenvalue weighted by Gasteiger charge is 2.45. The quantitative estimate of drug-likeness (QED) is 0.620. The molecule has 2 aliphatic heterocycles. The minimum Gasteiger partial charge on any atom is -0.496 e. The van der Waals surface area contributed by atoms with E-state index in [1.165, 1.54) is 5.56 Å². The van der Waals surface area contributed by atoms with Gasteiger partial charge in [-0.2, -0.15) is 0 Å². The molecular weight excluding hydrogens is 418 g/mol. The Balaban J connectivity index is 1.49. The molecule has 2 heterocycles. The van der Waals surface area contributed by atoms with Gasteiger partial charge in [0.15, 0.2) is 0 Å². The summed E-state index contributed by atoms with van der Waals surface area (Å²) in [7, 11) is 3.22. The van der Waals surface area contributed by atoms with E-state index in [0.29, 0.717) is 36.8 Å². The Hall–Kier alpha value is -2.57. The average molecular weight is 454 g/mol. The molecule has 0 saturated carbocycles. The summed E-state index contributed by atoms with van der Waals surface area (Å²) in [4.78, 5) is 15.2. The highest BCUT2D eigenvalue weighted by Crippen LogP contribution is 2.44. The lowest BCUT2D eigenvalue weighted by Crippen LogP contribution is -2.52. The van der Waals surface area contributed by atoms with E-state index in [9.17, 15) is 4.79 Å². The molecule has 2 saturated heterocycles. The molecule has 6 heteroatoms. The van der Waals surface area contributed by atoms with Crippen molar-refractivity contribution in [3.63, 3.8) is 0 Å². The van der Waals surface area contributed by atoms with Gasteiger partial charge < -0.3 is 23.8 Å². The van der Waals surface area contributed by atoms with Crippen LogP contribution in [-0.2, 0) is 9.47 Å². The summed E-state index contributed by atoms with van der Waals surface area (Å²) in [5.41, 5.74) is 2.40.